The number of halogens is 1. The Morgan fingerprint density at radius 3 is 2.38 bits per heavy atom. The maximum Gasteiger partial charge on any atom is 0.342 e. The zero-order valence-corrected chi connectivity index (χ0v) is 15.1. The summed E-state index contributed by atoms with van der Waals surface area (Å²) in [5.74, 6) is -0.881. The number of amides is 1. The van der Waals surface area contributed by atoms with Crippen molar-refractivity contribution in [1.82, 2.24) is 0 Å². The fraction of sp³-hybridized carbons (Fsp3) is 0.211. The van der Waals surface area contributed by atoms with Crippen molar-refractivity contribution >= 4 is 34.9 Å². The number of anilines is 1. The number of Topliss-reactive ketones (excluding diaryl/α,β-unsaturated/α-hetero) is 1. The van der Waals surface area contributed by atoms with E-state index in [0.717, 1.165) is 0 Å². The monoisotopic (exact) mass is 375 g/mol. The van der Waals surface area contributed by atoms with Gasteiger partial charge in [0.25, 0.3) is 0 Å². The first-order chi connectivity index (χ1) is 12.4. The van der Waals surface area contributed by atoms with Crippen LogP contribution >= 0.6 is 11.6 Å². The van der Waals surface area contributed by atoms with Gasteiger partial charge in [-0.25, -0.2) is 4.79 Å². The van der Waals surface area contributed by atoms with E-state index in [1.807, 2.05) is 0 Å². The van der Waals surface area contributed by atoms with Gasteiger partial charge in [-0.3, -0.25) is 9.59 Å². The van der Waals surface area contributed by atoms with E-state index in [4.69, 9.17) is 21.1 Å². The zero-order valence-electron chi connectivity index (χ0n) is 14.4. The van der Waals surface area contributed by atoms with Gasteiger partial charge in [-0.05, 0) is 42.5 Å². The molecule has 0 bridgehead atoms. The van der Waals surface area contributed by atoms with Crippen molar-refractivity contribution in [3.63, 3.8) is 0 Å². The smallest absolute Gasteiger partial charge is 0.342 e. The van der Waals surface area contributed by atoms with Crippen molar-refractivity contribution in [2.75, 3.05) is 19.0 Å². The third-order valence-corrected chi connectivity index (χ3v) is 3.76. The molecule has 0 aliphatic carbocycles. The molecule has 0 spiro atoms. The van der Waals surface area contributed by atoms with E-state index in [1.54, 1.807) is 43.3 Å². The fourth-order valence-corrected chi connectivity index (χ4v) is 2.29. The minimum Gasteiger partial charge on any atom is -0.496 e. The number of carbonyl (C=O) groups is 3. The van der Waals surface area contributed by atoms with Crippen LogP contribution in [0.1, 0.15) is 34.1 Å². The molecule has 2 rings (SSSR count). The molecule has 0 aliphatic rings. The molecule has 0 aliphatic heterocycles. The van der Waals surface area contributed by atoms with Gasteiger partial charge in [0, 0.05) is 22.7 Å². The second kappa shape index (κ2) is 9.01. The average Bonchev–Trinajstić information content (AvgIpc) is 2.66. The van der Waals surface area contributed by atoms with E-state index in [-0.39, 0.29) is 17.3 Å². The van der Waals surface area contributed by atoms with Crippen molar-refractivity contribution in [1.29, 1.82) is 0 Å². The third kappa shape index (κ3) is 5.07. The van der Waals surface area contributed by atoms with Crippen LogP contribution < -0.4 is 10.1 Å². The van der Waals surface area contributed by atoms with Crippen LogP contribution in [0.15, 0.2) is 42.5 Å². The molecular formula is C19H18ClNO5. The highest BCUT2D eigenvalue weighted by atomic mass is 35.5. The number of hydrogen-bond donors (Lipinski definition) is 1. The van der Waals surface area contributed by atoms with Crippen molar-refractivity contribution in [3.8, 4) is 5.75 Å². The first kappa shape index (κ1) is 19.5. The van der Waals surface area contributed by atoms with Gasteiger partial charge >= 0.3 is 5.97 Å². The molecule has 0 aromatic heterocycles. The summed E-state index contributed by atoms with van der Waals surface area (Å²) in [5.41, 5.74) is 1.10. The summed E-state index contributed by atoms with van der Waals surface area (Å²) >= 11 is 5.88. The van der Waals surface area contributed by atoms with Crippen LogP contribution in [0.5, 0.6) is 5.75 Å². The largest absolute Gasteiger partial charge is 0.496 e. The molecule has 136 valence electrons. The Balaban J connectivity index is 1.99. The predicted molar refractivity (Wildman–Crippen MR) is 98.0 cm³/mol. The lowest BCUT2D eigenvalue weighted by Gasteiger charge is -2.09. The molecular weight excluding hydrogens is 358 g/mol. The number of ketones is 1. The molecule has 7 heteroatoms. The van der Waals surface area contributed by atoms with E-state index in [0.29, 0.717) is 28.4 Å². The molecule has 0 atom stereocenters. The van der Waals surface area contributed by atoms with E-state index in [1.165, 1.54) is 13.2 Å². The fourth-order valence-electron chi connectivity index (χ4n) is 2.12. The Labute approximate surface area is 156 Å². The summed E-state index contributed by atoms with van der Waals surface area (Å²) in [6, 6.07) is 10.9. The topological polar surface area (TPSA) is 81.7 Å². The SMILES string of the molecule is CCC(=O)Nc1ccc(C(=O)COC(=O)c2cc(Cl)ccc2OC)cc1. The number of ether oxygens (including phenoxy) is 2. The maximum atomic E-state index is 12.2. The lowest BCUT2D eigenvalue weighted by molar-refractivity contribution is -0.115. The highest BCUT2D eigenvalue weighted by Crippen LogP contribution is 2.23. The van der Waals surface area contributed by atoms with Crippen LogP contribution in [-0.4, -0.2) is 31.4 Å². The van der Waals surface area contributed by atoms with Gasteiger partial charge < -0.3 is 14.8 Å². The Kier molecular flexibility index (Phi) is 6.74. The molecule has 0 heterocycles. The Bertz CT molecular complexity index is 817. The predicted octanol–water partition coefficient (Wildman–Crippen LogP) is 3.74. The Morgan fingerprint density at radius 2 is 1.77 bits per heavy atom. The minimum atomic E-state index is -0.704. The van der Waals surface area contributed by atoms with Crippen LogP contribution in [0.3, 0.4) is 0 Å². The first-order valence-corrected chi connectivity index (χ1v) is 8.26. The molecule has 0 saturated heterocycles. The zero-order chi connectivity index (χ0) is 19.1. The average molecular weight is 376 g/mol. The number of nitrogens with one attached hydrogen (secondary N) is 1. The summed E-state index contributed by atoms with van der Waals surface area (Å²) in [6.07, 6.45) is 0.365. The molecule has 0 radical (unpaired) electrons. The number of methoxy groups -OCH3 is 1. The summed E-state index contributed by atoms with van der Waals surface area (Å²) < 4.78 is 10.1. The second-order valence-electron chi connectivity index (χ2n) is 5.32. The van der Waals surface area contributed by atoms with E-state index in [2.05, 4.69) is 5.32 Å². The lowest BCUT2D eigenvalue weighted by atomic mass is 10.1. The standard InChI is InChI=1S/C19H18ClNO5/c1-3-18(23)21-14-7-4-12(5-8-14)16(22)11-26-19(24)15-10-13(20)6-9-17(15)25-2/h4-10H,3,11H2,1-2H3,(H,21,23). The van der Waals surface area contributed by atoms with Crippen molar-refractivity contribution in [3.05, 3.63) is 58.6 Å². The lowest BCUT2D eigenvalue weighted by Crippen LogP contribution is -2.15. The van der Waals surface area contributed by atoms with Crippen LogP contribution in [0.2, 0.25) is 5.02 Å². The maximum absolute atomic E-state index is 12.2. The summed E-state index contributed by atoms with van der Waals surface area (Å²) in [6.45, 7) is 1.33. The summed E-state index contributed by atoms with van der Waals surface area (Å²) in [7, 11) is 1.42. The highest BCUT2D eigenvalue weighted by Gasteiger charge is 2.16. The molecule has 0 fully saturated rings. The van der Waals surface area contributed by atoms with E-state index >= 15 is 0 Å². The van der Waals surface area contributed by atoms with Crippen LogP contribution in [0, 0.1) is 0 Å². The van der Waals surface area contributed by atoms with Gasteiger partial charge in [0.05, 0.1) is 7.11 Å². The molecule has 2 aromatic carbocycles. The van der Waals surface area contributed by atoms with E-state index in [9.17, 15) is 14.4 Å². The Morgan fingerprint density at radius 1 is 1.08 bits per heavy atom. The van der Waals surface area contributed by atoms with E-state index < -0.39 is 12.6 Å². The van der Waals surface area contributed by atoms with Gasteiger partial charge in [-0.15, -0.1) is 0 Å². The molecule has 0 unspecified atom stereocenters. The van der Waals surface area contributed by atoms with Crippen LogP contribution in [0.4, 0.5) is 5.69 Å². The summed E-state index contributed by atoms with van der Waals surface area (Å²) in [5, 5.41) is 3.04. The number of rotatable bonds is 7. The van der Waals surface area contributed by atoms with Gasteiger partial charge in [-0.2, -0.15) is 0 Å². The molecule has 0 saturated carbocycles. The molecule has 6 nitrogen and oxygen atoms in total. The quantitative estimate of drug-likeness (QED) is 0.589. The van der Waals surface area contributed by atoms with Gasteiger partial charge in [0.1, 0.15) is 11.3 Å². The molecule has 1 amide bonds. The number of benzene rings is 2. The normalized spacial score (nSPS) is 10.1. The van der Waals surface area contributed by atoms with Gasteiger partial charge in [0.15, 0.2) is 12.4 Å². The van der Waals surface area contributed by atoms with Gasteiger partial charge in [-0.1, -0.05) is 18.5 Å². The summed E-state index contributed by atoms with van der Waals surface area (Å²) in [4.78, 5) is 35.7. The van der Waals surface area contributed by atoms with Crippen molar-refractivity contribution in [2.24, 2.45) is 0 Å². The number of esters is 1. The third-order valence-electron chi connectivity index (χ3n) is 3.53. The van der Waals surface area contributed by atoms with Crippen molar-refractivity contribution < 1.29 is 23.9 Å². The van der Waals surface area contributed by atoms with Crippen LogP contribution in [-0.2, 0) is 9.53 Å². The number of carbonyl (C=O) groups excluding carboxylic acids is 3. The minimum absolute atomic E-state index is 0.117. The van der Waals surface area contributed by atoms with Crippen molar-refractivity contribution in [2.45, 2.75) is 13.3 Å². The number of hydrogen-bond acceptors (Lipinski definition) is 5. The molecule has 2 aromatic rings. The van der Waals surface area contributed by atoms with Gasteiger partial charge in [0.2, 0.25) is 5.91 Å². The first-order valence-electron chi connectivity index (χ1n) is 7.88. The highest BCUT2D eigenvalue weighted by molar-refractivity contribution is 6.31. The Hall–Kier alpha value is -2.86. The second-order valence-corrected chi connectivity index (χ2v) is 5.76. The molecule has 26 heavy (non-hydrogen) atoms. The van der Waals surface area contributed by atoms with Crippen LogP contribution in [0.25, 0.3) is 0 Å². The molecule has 1 N–H and O–H groups in total.